The Morgan fingerprint density at radius 2 is 1.76 bits per heavy atom. The molecule has 0 aliphatic carbocycles. The smallest absolute Gasteiger partial charge is 0.408 e. The van der Waals surface area contributed by atoms with Gasteiger partial charge in [-0.15, -0.1) is 0 Å². The van der Waals surface area contributed by atoms with Crippen molar-refractivity contribution in [2.75, 3.05) is 54.0 Å². The van der Waals surface area contributed by atoms with Gasteiger partial charge in [-0.25, -0.2) is 4.79 Å². The molecule has 0 aromatic rings. The number of carbonyl (C=O) groups excluding carboxylic acids is 1. The molecule has 8 heteroatoms. The first kappa shape index (κ1) is 23.5. The normalized spacial score (nSPS) is 12.9. The maximum Gasteiger partial charge on any atom is 0.408 e. The molecule has 0 heterocycles. The molecule has 25 heavy (non-hydrogen) atoms. The van der Waals surface area contributed by atoms with Crippen molar-refractivity contribution in [1.82, 2.24) is 20.9 Å². The van der Waals surface area contributed by atoms with Crippen LogP contribution in [0.3, 0.4) is 0 Å². The van der Waals surface area contributed by atoms with Crippen LogP contribution in [0.2, 0.25) is 0 Å². The minimum Gasteiger partial charge on any atom is -0.444 e. The lowest BCUT2D eigenvalue weighted by Gasteiger charge is -2.29. The summed E-state index contributed by atoms with van der Waals surface area (Å²) >= 11 is 0. The number of nitrogens with one attached hydrogen (secondary N) is 3. The highest BCUT2D eigenvalue weighted by Gasteiger charge is 2.24. The summed E-state index contributed by atoms with van der Waals surface area (Å²) in [5.41, 5.74) is -0.991. The average molecular weight is 360 g/mol. The number of nitrogens with zero attached hydrogens (tertiary/aromatic N) is 2. The highest BCUT2D eigenvalue weighted by molar-refractivity contribution is 5.79. The molecular weight excluding hydrogens is 322 g/mol. The molecule has 0 spiro atoms. The van der Waals surface area contributed by atoms with E-state index in [-0.39, 0.29) is 0 Å². The molecule has 1 amide bonds. The van der Waals surface area contributed by atoms with E-state index in [9.17, 15) is 4.79 Å². The second-order valence-electron chi connectivity index (χ2n) is 7.66. The standard InChI is InChI=1S/C17H37N5O3/c1-16(2,3)25-15(23)21-17(4,5)13-20-14(18-6)19-9-10-22(7)11-12-24-8/h9-13H2,1-8H3,(H,21,23)(H2,18,19,20). The summed E-state index contributed by atoms with van der Waals surface area (Å²) in [6.07, 6.45) is -0.429. The number of amides is 1. The third-order valence-corrected chi connectivity index (χ3v) is 3.22. The monoisotopic (exact) mass is 359 g/mol. The van der Waals surface area contributed by atoms with Gasteiger partial charge < -0.3 is 30.3 Å². The van der Waals surface area contributed by atoms with Gasteiger partial charge in [0.25, 0.3) is 0 Å². The molecule has 0 bridgehead atoms. The number of rotatable bonds is 9. The summed E-state index contributed by atoms with van der Waals surface area (Å²) in [6, 6.07) is 0. The Morgan fingerprint density at radius 1 is 1.12 bits per heavy atom. The fourth-order valence-corrected chi connectivity index (χ4v) is 1.87. The lowest BCUT2D eigenvalue weighted by molar-refractivity contribution is 0.0474. The second kappa shape index (κ2) is 11.1. The van der Waals surface area contributed by atoms with Crippen LogP contribution in [-0.4, -0.2) is 82.1 Å². The number of methoxy groups -OCH3 is 1. The second-order valence-corrected chi connectivity index (χ2v) is 7.66. The predicted molar refractivity (Wildman–Crippen MR) is 102 cm³/mol. The fourth-order valence-electron chi connectivity index (χ4n) is 1.87. The van der Waals surface area contributed by atoms with Crippen LogP contribution < -0.4 is 16.0 Å². The van der Waals surface area contributed by atoms with Crippen LogP contribution in [0.15, 0.2) is 4.99 Å². The molecule has 0 unspecified atom stereocenters. The van der Waals surface area contributed by atoms with Gasteiger partial charge in [0.15, 0.2) is 5.96 Å². The molecule has 0 aliphatic rings. The third-order valence-electron chi connectivity index (χ3n) is 3.22. The van der Waals surface area contributed by atoms with E-state index in [2.05, 4.69) is 25.8 Å². The number of guanidine groups is 1. The number of ether oxygens (including phenoxy) is 2. The molecule has 0 aromatic heterocycles. The van der Waals surface area contributed by atoms with E-state index in [1.54, 1.807) is 14.2 Å². The van der Waals surface area contributed by atoms with Gasteiger partial charge >= 0.3 is 6.09 Å². The topological polar surface area (TPSA) is 87.2 Å². The molecule has 0 fully saturated rings. The Morgan fingerprint density at radius 3 is 2.28 bits per heavy atom. The van der Waals surface area contributed by atoms with E-state index in [0.29, 0.717) is 19.1 Å². The fraction of sp³-hybridized carbons (Fsp3) is 0.882. The molecular formula is C17H37N5O3. The van der Waals surface area contributed by atoms with Gasteiger partial charge in [0.05, 0.1) is 12.1 Å². The Kier molecular flexibility index (Phi) is 10.5. The predicted octanol–water partition coefficient (Wildman–Crippen LogP) is 1.03. The third kappa shape index (κ3) is 13.4. The number of hydrogen-bond acceptors (Lipinski definition) is 5. The van der Waals surface area contributed by atoms with Crippen molar-refractivity contribution < 1.29 is 14.3 Å². The van der Waals surface area contributed by atoms with E-state index >= 15 is 0 Å². The average Bonchev–Trinajstić information content (AvgIpc) is 2.45. The van der Waals surface area contributed by atoms with Gasteiger partial charge in [0, 0.05) is 40.3 Å². The Hall–Kier alpha value is -1.54. The van der Waals surface area contributed by atoms with E-state index < -0.39 is 17.2 Å². The van der Waals surface area contributed by atoms with Crippen LogP contribution in [-0.2, 0) is 9.47 Å². The molecule has 0 aromatic carbocycles. The maximum absolute atomic E-state index is 11.9. The van der Waals surface area contributed by atoms with E-state index in [1.165, 1.54) is 0 Å². The van der Waals surface area contributed by atoms with Crippen molar-refractivity contribution in [3.63, 3.8) is 0 Å². The number of hydrogen-bond donors (Lipinski definition) is 3. The highest BCUT2D eigenvalue weighted by atomic mass is 16.6. The molecule has 3 N–H and O–H groups in total. The first-order chi connectivity index (χ1) is 11.5. The quantitative estimate of drug-likeness (QED) is 0.421. The summed E-state index contributed by atoms with van der Waals surface area (Å²) in [5.74, 6) is 0.694. The Labute approximate surface area is 152 Å². The van der Waals surface area contributed by atoms with Crippen LogP contribution in [0.1, 0.15) is 34.6 Å². The number of carbonyl (C=O) groups is 1. The summed E-state index contributed by atoms with van der Waals surface area (Å²) in [7, 11) is 5.47. The van der Waals surface area contributed by atoms with Gasteiger partial charge in [-0.1, -0.05) is 0 Å². The van der Waals surface area contributed by atoms with Gasteiger partial charge in [-0.05, 0) is 41.7 Å². The van der Waals surface area contributed by atoms with Crippen molar-refractivity contribution >= 4 is 12.1 Å². The van der Waals surface area contributed by atoms with Crippen molar-refractivity contribution in [1.29, 1.82) is 0 Å². The summed E-state index contributed by atoms with van der Waals surface area (Å²) in [5, 5.41) is 9.33. The van der Waals surface area contributed by atoms with Crippen LogP contribution in [0.5, 0.6) is 0 Å². The van der Waals surface area contributed by atoms with Crippen molar-refractivity contribution in [2.24, 2.45) is 4.99 Å². The first-order valence-electron chi connectivity index (χ1n) is 8.62. The van der Waals surface area contributed by atoms with Crippen LogP contribution in [0, 0.1) is 0 Å². The molecule has 8 nitrogen and oxygen atoms in total. The Bertz CT molecular complexity index is 419. The van der Waals surface area contributed by atoms with Crippen LogP contribution in [0.4, 0.5) is 4.79 Å². The zero-order chi connectivity index (χ0) is 19.5. The summed E-state index contributed by atoms with van der Waals surface area (Å²) in [4.78, 5) is 18.3. The minimum atomic E-state index is -0.514. The van der Waals surface area contributed by atoms with E-state index in [4.69, 9.17) is 9.47 Å². The van der Waals surface area contributed by atoms with Crippen molar-refractivity contribution in [3.05, 3.63) is 0 Å². The molecule has 0 saturated carbocycles. The molecule has 0 atom stereocenters. The molecule has 0 rings (SSSR count). The Balaban J connectivity index is 4.21. The number of likely N-dealkylation sites (N-methyl/N-ethyl adjacent to an activating group) is 1. The first-order valence-corrected chi connectivity index (χ1v) is 8.62. The minimum absolute atomic E-state index is 0.429. The molecule has 148 valence electrons. The van der Waals surface area contributed by atoms with Gasteiger partial charge in [0.1, 0.15) is 5.60 Å². The lowest BCUT2D eigenvalue weighted by Crippen LogP contribution is -2.54. The number of aliphatic imine (C=N–C) groups is 1. The van der Waals surface area contributed by atoms with Crippen molar-refractivity contribution in [3.8, 4) is 0 Å². The van der Waals surface area contributed by atoms with E-state index in [1.807, 2.05) is 41.7 Å². The van der Waals surface area contributed by atoms with Crippen LogP contribution in [0.25, 0.3) is 0 Å². The lowest BCUT2D eigenvalue weighted by atomic mass is 10.1. The molecule has 0 radical (unpaired) electrons. The largest absolute Gasteiger partial charge is 0.444 e. The summed E-state index contributed by atoms with van der Waals surface area (Å²) < 4.78 is 10.3. The van der Waals surface area contributed by atoms with Gasteiger partial charge in [-0.2, -0.15) is 0 Å². The summed E-state index contributed by atoms with van der Waals surface area (Å²) in [6.45, 7) is 13.1. The van der Waals surface area contributed by atoms with Crippen molar-refractivity contribution in [2.45, 2.75) is 45.8 Å². The zero-order valence-corrected chi connectivity index (χ0v) is 17.2. The highest BCUT2D eigenvalue weighted by Crippen LogP contribution is 2.09. The number of alkyl carbamates (subject to hydrolysis) is 1. The van der Waals surface area contributed by atoms with Gasteiger partial charge in [0.2, 0.25) is 0 Å². The SMILES string of the molecule is CN=C(NCCN(C)CCOC)NCC(C)(C)NC(=O)OC(C)(C)C. The molecule has 0 aliphatic heterocycles. The van der Waals surface area contributed by atoms with Crippen LogP contribution >= 0.6 is 0 Å². The van der Waals surface area contributed by atoms with Gasteiger partial charge in [-0.3, -0.25) is 4.99 Å². The van der Waals surface area contributed by atoms with E-state index in [0.717, 1.165) is 19.6 Å². The molecule has 0 saturated heterocycles. The zero-order valence-electron chi connectivity index (χ0n) is 17.2. The maximum atomic E-state index is 11.9.